The molecule has 30 heavy (non-hydrogen) atoms. The van der Waals surface area contributed by atoms with Crippen molar-refractivity contribution in [3.05, 3.63) is 65.7 Å². The third kappa shape index (κ3) is 6.34. The van der Waals surface area contributed by atoms with Gasteiger partial charge in [-0.2, -0.15) is 0 Å². The molecule has 2 aromatic rings. The minimum atomic E-state index is -0.551. The van der Waals surface area contributed by atoms with Crippen LogP contribution in [0.4, 0.5) is 0 Å². The van der Waals surface area contributed by atoms with E-state index in [1.54, 1.807) is 0 Å². The van der Waals surface area contributed by atoms with Crippen LogP contribution in [-0.4, -0.2) is 31.1 Å². The van der Waals surface area contributed by atoms with Gasteiger partial charge in [0.15, 0.2) is 13.2 Å². The molecule has 1 aliphatic carbocycles. The van der Waals surface area contributed by atoms with Crippen molar-refractivity contribution in [2.24, 2.45) is 11.8 Å². The molecule has 5 nitrogen and oxygen atoms in total. The fourth-order valence-electron chi connectivity index (χ4n) is 3.97. The summed E-state index contributed by atoms with van der Waals surface area (Å²) in [6, 6.07) is 17.9. The van der Waals surface area contributed by atoms with Gasteiger partial charge in [-0.25, -0.2) is 4.79 Å². The monoisotopic (exact) mass is 409 g/mol. The fourth-order valence-corrected chi connectivity index (χ4v) is 3.97. The second kappa shape index (κ2) is 10.8. The van der Waals surface area contributed by atoms with E-state index in [1.807, 2.05) is 42.5 Å². The minimum Gasteiger partial charge on any atom is -0.482 e. The lowest BCUT2D eigenvalue weighted by Crippen LogP contribution is -2.45. The number of amides is 1. The smallest absolute Gasteiger partial charge is 0.344 e. The highest BCUT2D eigenvalue weighted by Crippen LogP contribution is 2.29. The predicted molar refractivity (Wildman–Crippen MR) is 116 cm³/mol. The van der Waals surface area contributed by atoms with E-state index in [0.717, 1.165) is 18.4 Å². The molecule has 0 saturated heterocycles. The van der Waals surface area contributed by atoms with E-state index in [-0.39, 0.29) is 25.2 Å². The number of nitrogens with one attached hydrogen (secondary N) is 1. The fraction of sp³-hybridized carbons (Fsp3) is 0.440. The van der Waals surface area contributed by atoms with Gasteiger partial charge in [0.05, 0.1) is 0 Å². The van der Waals surface area contributed by atoms with E-state index in [4.69, 9.17) is 9.47 Å². The van der Waals surface area contributed by atoms with Crippen LogP contribution in [0.1, 0.15) is 44.2 Å². The van der Waals surface area contributed by atoms with Crippen molar-refractivity contribution in [3.63, 3.8) is 0 Å². The van der Waals surface area contributed by atoms with Crippen molar-refractivity contribution in [1.82, 2.24) is 5.32 Å². The molecule has 3 rings (SSSR count). The van der Waals surface area contributed by atoms with Gasteiger partial charge in [-0.1, -0.05) is 75.2 Å². The quantitative estimate of drug-likeness (QED) is 0.666. The molecule has 1 aliphatic rings. The van der Waals surface area contributed by atoms with Crippen LogP contribution < -0.4 is 10.1 Å². The molecule has 1 saturated carbocycles. The Bertz CT molecular complexity index is 836. The number of hydrogen-bond acceptors (Lipinski definition) is 4. The largest absolute Gasteiger partial charge is 0.482 e. The Morgan fingerprint density at radius 2 is 1.70 bits per heavy atom. The molecule has 1 amide bonds. The lowest BCUT2D eigenvalue weighted by molar-refractivity contribution is -0.150. The topological polar surface area (TPSA) is 64.6 Å². The van der Waals surface area contributed by atoms with Crippen LogP contribution >= 0.6 is 0 Å². The second-order valence-corrected chi connectivity index (χ2v) is 8.16. The lowest BCUT2D eigenvalue weighted by atomic mass is 9.78. The maximum atomic E-state index is 12.2. The van der Waals surface area contributed by atoms with E-state index < -0.39 is 5.97 Å². The van der Waals surface area contributed by atoms with Gasteiger partial charge < -0.3 is 14.8 Å². The molecule has 0 radical (unpaired) electrons. The first-order valence-corrected chi connectivity index (χ1v) is 10.7. The molecule has 2 aromatic carbocycles. The number of para-hydroxylation sites is 1. The number of carbonyl (C=O) groups is 2. The van der Waals surface area contributed by atoms with E-state index in [2.05, 4.69) is 31.3 Å². The molecule has 0 spiro atoms. The predicted octanol–water partition coefficient (Wildman–Crippen LogP) is 4.14. The van der Waals surface area contributed by atoms with E-state index in [0.29, 0.717) is 24.0 Å². The molecule has 3 atom stereocenters. The van der Waals surface area contributed by atoms with Crippen molar-refractivity contribution in [1.29, 1.82) is 0 Å². The Labute approximate surface area is 178 Å². The van der Waals surface area contributed by atoms with Gasteiger partial charge in [0.25, 0.3) is 5.91 Å². The number of esters is 1. The SMILES string of the molecule is C[C@@H]1[C@@H](C)CCC[C@H]1NC(=O)COC(=O)COc1ccccc1Cc1ccccc1. The second-order valence-electron chi connectivity index (χ2n) is 8.16. The molecule has 0 aliphatic heterocycles. The number of carbonyl (C=O) groups excluding carboxylic acids is 2. The Morgan fingerprint density at radius 3 is 2.50 bits per heavy atom. The zero-order chi connectivity index (χ0) is 21.3. The van der Waals surface area contributed by atoms with Gasteiger partial charge in [-0.3, -0.25) is 4.79 Å². The van der Waals surface area contributed by atoms with Crippen LogP contribution in [0.3, 0.4) is 0 Å². The molecule has 1 fully saturated rings. The van der Waals surface area contributed by atoms with Crippen LogP contribution in [0.5, 0.6) is 5.75 Å². The van der Waals surface area contributed by atoms with Crippen LogP contribution in [0.25, 0.3) is 0 Å². The number of benzene rings is 2. The zero-order valence-electron chi connectivity index (χ0n) is 17.8. The average Bonchev–Trinajstić information content (AvgIpc) is 2.75. The highest BCUT2D eigenvalue weighted by molar-refractivity contribution is 5.81. The van der Waals surface area contributed by atoms with Crippen molar-refractivity contribution in [3.8, 4) is 5.75 Å². The van der Waals surface area contributed by atoms with Crippen LogP contribution in [0.2, 0.25) is 0 Å². The number of hydrogen-bond donors (Lipinski definition) is 1. The average molecular weight is 410 g/mol. The zero-order valence-corrected chi connectivity index (χ0v) is 17.8. The molecule has 0 aromatic heterocycles. The van der Waals surface area contributed by atoms with Crippen molar-refractivity contribution in [2.75, 3.05) is 13.2 Å². The first-order valence-electron chi connectivity index (χ1n) is 10.7. The lowest BCUT2D eigenvalue weighted by Gasteiger charge is -2.34. The number of ether oxygens (including phenoxy) is 2. The maximum Gasteiger partial charge on any atom is 0.344 e. The van der Waals surface area contributed by atoms with Crippen molar-refractivity contribution < 1.29 is 19.1 Å². The van der Waals surface area contributed by atoms with Gasteiger partial charge in [-0.15, -0.1) is 0 Å². The summed E-state index contributed by atoms with van der Waals surface area (Å²) < 4.78 is 10.8. The molecule has 0 bridgehead atoms. The Morgan fingerprint density at radius 1 is 0.967 bits per heavy atom. The van der Waals surface area contributed by atoms with Gasteiger partial charge in [-0.05, 0) is 35.4 Å². The molecular weight excluding hydrogens is 378 g/mol. The third-order valence-electron chi connectivity index (χ3n) is 5.97. The summed E-state index contributed by atoms with van der Waals surface area (Å²) in [5.41, 5.74) is 2.16. The van der Waals surface area contributed by atoms with Crippen LogP contribution in [0, 0.1) is 11.8 Å². The maximum absolute atomic E-state index is 12.2. The molecule has 0 unspecified atom stereocenters. The Kier molecular flexibility index (Phi) is 7.89. The summed E-state index contributed by atoms with van der Waals surface area (Å²) in [4.78, 5) is 24.2. The summed E-state index contributed by atoms with van der Waals surface area (Å²) in [6.45, 7) is 3.89. The first kappa shape index (κ1) is 21.9. The van der Waals surface area contributed by atoms with E-state index in [1.165, 1.54) is 12.0 Å². The van der Waals surface area contributed by atoms with Crippen LogP contribution in [0.15, 0.2) is 54.6 Å². The summed E-state index contributed by atoms with van der Waals surface area (Å²) in [5, 5.41) is 3.01. The molecule has 5 heteroatoms. The molecule has 1 N–H and O–H groups in total. The Balaban J connectivity index is 1.44. The van der Waals surface area contributed by atoms with E-state index >= 15 is 0 Å². The summed E-state index contributed by atoms with van der Waals surface area (Å²) in [5.74, 6) is 0.870. The number of rotatable bonds is 8. The highest BCUT2D eigenvalue weighted by atomic mass is 16.6. The first-order chi connectivity index (χ1) is 14.5. The minimum absolute atomic E-state index is 0.154. The summed E-state index contributed by atoms with van der Waals surface area (Å²) in [7, 11) is 0. The molecule has 160 valence electrons. The molecular formula is C25H31NO4. The highest BCUT2D eigenvalue weighted by Gasteiger charge is 2.28. The van der Waals surface area contributed by atoms with Gasteiger partial charge in [0, 0.05) is 12.5 Å². The standard InChI is InChI=1S/C25H31NO4/c1-18-9-8-13-22(19(18)2)26-24(27)16-30-25(28)17-29-23-14-7-6-12-21(23)15-20-10-4-3-5-11-20/h3-7,10-12,14,18-19,22H,8-9,13,15-17H2,1-2H3,(H,26,27)/t18-,19+,22+/m0/s1. The van der Waals surface area contributed by atoms with Gasteiger partial charge >= 0.3 is 5.97 Å². The van der Waals surface area contributed by atoms with Gasteiger partial charge in [0.2, 0.25) is 0 Å². The van der Waals surface area contributed by atoms with E-state index in [9.17, 15) is 9.59 Å². The normalized spacial score (nSPS) is 20.9. The summed E-state index contributed by atoms with van der Waals surface area (Å²) >= 11 is 0. The molecule has 0 heterocycles. The Hall–Kier alpha value is -2.82. The van der Waals surface area contributed by atoms with Crippen molar-refractivity contribution >= 4 is 11.9 Å². The third-order valence-corrected chi connectivity index (χ3v) is 5.97. The van der Waals surface area contributed by atoms with Crippen molar-refractivity contribution in [2.45, 2.75) is 45.6 Å². The summed E-state index contributed by atoms with van der Waals surface area (Å²) in [6.07, 6.45) is 4.01. The van der Waals surface area contributed by atoms with Gasteiger partial charge in [0.1, 0.15) is 5.75 Å². The van der Waals surface area contributed by atoms with Crippen LogP contribution in [-0.2, 0) is 20.7 Å².